The quantitative estimate of drug-likeness (QED) is 0.266. The third-order valence-corrected chi connectivity index (χ3v) is 6.01. The number of benzene rings is 2. The van der Waals surface area contributed by atoms with Crippen molar-refractivity contribution in [1.82, 2.24) is 0 Å². The number of fused-ring (bicyclic) bond motifs is 3. The average Bonchev–Trinajstić information content (AvgIpc) is 2.81. The molecule has 0 spiro atoms. The smallest absolute Gasteiger partial charge is 0.343 e. The third kappa shape index (κ3) is 4.14. The Balaban J connectivity index is 1.74. The van der Waals surface area contributed by atoms with Crippen LogP contribution in [0.1, 0.15) is 59.6 Å². The SMILES string of the molecule is C=C(CC1C(CCC)c2cc(F)c(C#N)c(F)c2-c2cccc[n+]21)OC(=O)c1ccccc1. The molecule has 2 heterocycles. The largest absolute Gasteiger partial charge is 0.428 e. The number of carbonyl (C=O) groups excluding carboxylic acids is 1. The van der Waals surface area contributed by atoms with E-state index in [1.165, 1.54) is 6.07 Å². The molecule has 0 fully saturated rings. The number of aromatic nitrogens is 1. The van der Waals surface area contributed by atoms with E-state index in [4.69, 9.17) is 4.74 Å². The van der Waals surface area contributed by atoms with Crippen molar-refractivity contribution in [2.24, 2.45) is 0 Å². The fraction of sp³-hybridized carbons (Fsp3) is 0.222. The number of rotatable bonds is 6. The van der Waals surface area contributed by atoms with Gasteiger partial charge in [0.2, 0.25) is 5.69 Å². The molecule has 4 rings (SSSR count). The summed E-state index contributed by atoms with van der Waals surface area (Å²) in [5.41, 5.74) is 1.14. The number of halogens is 2. The number of ether oxygens (including phenoxy) is 1. The second kappa shape index (κ2) is 9.33. The van der Waals surface area contributed by atoms with Crippen LogP contribution in [0, 0.1) is 23.0 Å². The van der Waals surface area contributed by atoms with Crippen LogP contribution in [0.3, 0.4) is 0 Å². The van der Waals surface area contributed by atoms with E-state index < -0.39 is 23.2 Å². The van der Waals surface area contributed by atoms with Gasteiger partial charge in [0.1, 0.15) is 23.2 Å². The number of nitrogens with zero attached hydrogens (tertiary/aromatic N) is 2. The van der Waals surface area contributed by atoms with E-state index >= 15 is 4.39 Å². The minimum absolute atomic E-state index is 0.246. The fourth-order valence-corrected chi connectivity index (χ4v) is 4.59. The lowest BCUT2D eigenvalue weighted by Crippen LogP contribution is -2.48. The summed E-state index contributed by atoms with van der Waals surface area (Å²) in [6.45, 7) is 5.96. The van der Waals surface area contributed by atoms with Crippen molar-refractivity contribution in [3.05, 3.63) is 101 Å². The lowest BCUT2D eigenvalue weighted by molar-refractivity contribution is -0.718. The molecule has 0 bridgehead atoms. The summed E-state index contributed by atoms with van der Waals surface area (Å²) in [6, 6.07) is 16.6. The number of hydrogen-bond donors (Lipinski definition) is 0. The standard InChI is InChI=1S/C27H23F2N2O2/c1-3-9-19-20-15-22(28)21(16-30)26(29)25(20)23-12-7-8-13-31(23)24(19)14-17(2)33-27(32)18-10-5-4-6-11-18/h4-8,10-13,15,19,24H,2-3,9,14H2,1H3/q+1. The molecule has 2 unspecified atom stereocenters. The van der Waals surface area contributed by atoms with Crippen LogP contribution in [0.2, 0.25) is 0 Å². The monoisotopic (exact) mass is 445 g/mol. The van der Waals surface area contributed by atoms with Crippen LogP contribution < -0.4 is 4.57 Å². The van der Waals surface area contributed by atoms with Crippen molar-refractivity contribution in [2.75, 3.05) is 0 Å². The number of carbonyl (C=O) groups is 1. The normalized spacial score (nSPS) is 16.3. The lowest BCUT2D eigenvalue weighted by atomic mass is 9.78. The zero-order chi connectivity index (χ0) is 23.5. The van der Waals surface area contributed by atoms with Gasteiger partial charge in [0.25, 0.3) is 0 Å². The topological polar surface area (TPSA) is 54.0 Å². The number of hydrogen-bond acceptors (Lipinski definition) is 3. The highest BCUT2D eigenvalue weighted by molar-refractivity contribution is 5.89. The minimum Gasteiger partial charge on any atom is -0.428 e. The van der Waals surface area contributed by atoms with Crippen LogP contribution in [0.25, 0.3) is 11.3 Å². The number of esters is 1. The average molecular weight is 445 g/mol. The molecule has 0 radical (unpaired) electrons. The van der Waals surface area contributed by atoms with E-state index in [-0.39, 0.29) is 29.7 Å². The highest BCUT2D eigenvalue weighted by atomic mass is 19.1. The predicted molar refractivity (Wildman–Crippen MR) is 119 cm³/mol. The second-order valence-electron chi connectivity index (χ2n) is 8.08. The molecule has 0 N–H and O–H groups in total. The maximum absolute atomic E-state index is 15.3. The van der Waals surface area contributed by atoms with Crippen LogP contribution in [0.5, 0.6) is 0 Å². The number of allylic oxidation sites excluding steroid dienone is 1. The summed E-state index contributed by atoms with van der Waals surface area (Å²) in [7, 11) is 0. The zero-order valence-electron chi connectivity index (χ0n) is 18.2. The fourth-order valence-electron chi connectivity index (χ4n) is 4.59. The Hall–Kier alpha value is -3.85. The van der Waals surface area contributed by atoms with Crippen LogP contribution in [-0.2, 0) is 4.74 Å². The Labute approximate surface area is 191 Å². The van der Waals surface area contributed by atoms with E-state index in [0.29, 0.717) is 23.2 Å². The molecule has 1 aromatic heterocycles. The molecule has 0 saturated carbocycles. The van der Waals surface area contributed by atoms with Gasteiger partial charge in [-0.3, -0.25) is 0 Å². The van der Waals surface area contributed by atoms with Gasteiger partial charge in [0.15, 0.2) is 18.1 Å². The van der Waals surface area contributed by atoms with Gasteiger partial charge < -0.3 is 4.74 Å². The second-order valence-corrected chi connectivity index (χ2v) is 8.08. The zero-order valence-corrected chi connectivity index (χ0v) is 18.2. The molecule has 0 aliphatic carbocycles. The summed E-state index contributed by atoms with van der Waals surface area (Å²) in [6.07, 6.45) is 3.55. The van der Waals surface area contributed by atoms with Crippen molar-refractivity contribution in [2.45, 2.75) is 38.1 Å². The molecule has 1 aliphatic heterocycles. The van der Waals surface area contributed by atoms with E-state index in [2.05, 4.69) is 6.58 Å². The first-order valence-corrected chi connectivity index (χ1v) is 10.8. The highest BCUT2D eigenvalue weighted by Crippen LogP contribution is 2.45. The maximum Gasteiger partial charge on any atom is 0.343 e. The van der Waals surface area contributed by atoms with E-state index in [1.807, 2.05) is 29.8 Å². The first-order chi connectivity index (χ1) is 16.0. The van der Waals surface area contributed by atoms with Gasteiger partial charge >= 0.3 is 5.97 Å². The lowest BCUT2D eigenvalue weighted by Gasteiger charge is -2.31. The van der Waals surface area contributed by atoms with Crippen LogP contribution in [0.4, 0.5) is 8.78 Å². The first kappa shape index (κ1) is 22.3. The van der Waals surface area contributed by atoms with Crippen LogP contribution in [-0.4, -0.2) is 5.97 Å². The Kier molecular flexibility index (Phi) is 6.32. The molecule has 3 aromatic rings. The van der Waals surface area contributed by atoms with Gasteiger partial charge in [-0.15, -0.1) is 0 Å². The molecule has 166 valence electrons. The summed E-state index contributed by atoms with van der Waals surface area (Å²) in [5, 5.41) is 9.27. The third-order valence-electron chi connectivity index (χ3n) is 6.01. The molecule has 0 amide bonds. The van der Waals surface area contributed by atoms with Crippen molar-refractivity contribution in [3.8, 4) is 17.3 Å². The van der Waals surface area contributed by atoms with Crippen molar-refractivity contribution in [1.29, 1.82) is 5.26 Å². The predicted octanol–water partition coefficient (Wildman–Crippen LogP) is 5.99. The Bertz CT molecular complexity index is 1270. The summed E-state index contributed by atoms with van der Waals surface area (Å²) in [4.78, 5) is 12.5. The molecular formula is C27H23F2N2O2+. The molecular weight excluding hydrogens is 422 g/mol. The molecule has 2 aromatic carbocycles. The number of nitriles is 1. The number of pyridine rings is 1. The van der Waals surface area contributed by atoms with Gasteiger partial charge in [-0.1, -0.05) is 38.1 Å². The Morgan fingerprint density at radius 2 is 1.91 bits per heavy atom. The summed E-state index contributed by atoms with van der Waals surface area (Å²) in [5.74, 6) is -2.20. The van der Waals surface area contributed by atoms with Gasteiger partial charge in [0.05, 0.1) is 17.5 Å². The van der Waals surface area contributed by atoms with Gasteiger partial charge in [0, 0.05) is 18.1 Å². The highest BCUT2D eigenvalue weighted by Gasteiger charge is 2.42. The van der Waals surface area contributed by atoms with E-state index in [0.717, 1.165) is 6.42 Å². The molecule has 6 heteroatoms. The Morgan fingerprint density at radius 1 is 1.18 bits per heavy atom. The van der Waals surface area contributed by atoms with E-state index in [9.17, 15) is 14.4 Å². The van der Waals surface area contributed by atoms with E-state index in [1.54, 1.807) is 42.5 Å². The summed E-state index contributed by atoms with van der Waals surface area (Å²) >= 11 is 0. The molecule has 0 saturated heterocycles. The van der Waals surface area contributed by atoms with Crippen LogP contribution >= 0.6 is 0 Å². The van der Waals surface area contributed by atoms with Gasteiger partial charge in [-0.05, 0) is 36.2 Å². The Morgan fingerprint density at radius 3 is 2.61 bits per heavy atom. The summed E-state index contributed by atoms with van der Waals surface area (Å²) < 4.78 is 37.3. The van der Waals surface area contributed by atoms with Gasteiger partial charge in [-0.2, -0.15) is 9.83 Å². The minimum atomic E-state index is -0.868. The molecule has 1 aliphatic rings. The van der Waals surface area contributed by atoms with Gasteiger partial charge in [-0.25, -0.2) is 13.6 Å². The molecule has 2 atom stereocenters. The van der Waals surface area contributed by atoms with Crippen LogP contribution in [0.15, 0.2) is 73.1 Å². The first-order valence-electron chi connectivity index (χ1n) is 10.8. The van der Waals surface area contributed by atoms with Crippen molar-refractivity contribution < 1.29 is 22.9 Å². The molecule has 33 heavy (non-hydrogen) atoms. The van der Waals surface area contributed by atoms with Crippen molar-refractivity contribution in [3.63, 3.8) is 0 Å². The maximum atomic E-state index is 15.3. The van der Waals surface area contributed by atoms with Crippen molar-refractivity contribution >= 4 is 5.97 Å². The molecule has 4 nitrogen and oxygen atoms in total.